The van der Waals surface area contributed by atoms with Gasteiger partial charge in [0.15, 0.2) is 0 Å². The lowest BCUT2D eigenvalue weighted by Crippen LogP contribution is -2.46. The Bertz CT molecular complexity index is 939. The van der Waals surface area contributed by atoms with Gasteiger partial charge in [-0.25, -0.2) is 8.42 Å². The number of esters is 1. The number of alkyl halides is 3. The number of carbonyl (C=O) groups excluding carboxylic acids is 2. The summed E-state index contributed by atoms with van der Waals surface area (Å²) in [4.78, 5) is 25.6. The van der Waals surface area contributed by atoms with Gasteiger partial charge in [0.2, 0.25) is 15.9 Å². The van der Waals surface area contributed by atoms with Crippen LogP contribution in [0.15, 0.2) is 29.2 Å². The molecule has 2 fully saturated rings. The molecule has 11 heteroatoms. The van der Waals surface area contributed by atoms with Crippen molar-refractivity contribution in [3.63, 3.8) is 0 Å². The molecule has 1 saturated carbocycles. The van der Waals surface area contributed by atoms with Gasteiger partial charge in [-0.3, -0.25) is 9.59 Å². The minimum atomic E-state index is -4.80. The van der Waals surface area contributed by atoms with Crippen LogP contribution in [0.3, 0.4) is 0 Å². The van der Waals surface area contributed by atoms with Crippen molar-refractivity contribution >= 4 is 21.9 Å². The second-order valence-corrected chi connectivity index (χ2v) is 10.0. The number of ether oxygens (including phenoxy) is 1. The van der Waals surface area contributed by atoms with Crippen molar-refractivity contribution < 1.29 is 35.9 Å². The molecule has 7 nitrogen and oxygen atoms in total. The third-order valence-electron chi connectivity index (χ3n) is 5.73. The molecule has 1 heterocycles. The van der Waals surface area contributed by atoms with Crippen LogP contribution in [0, 0.1) is 11.8 Å². The van der Waals surface area contributed by atoms with Gasteiger partial charge < -0.3 is 9.64 Å². The largest absolute Gasteiger partial charge is 0.465 e. The van der Waals surface area contributed by atoms with Crippen LogP contribution >= 0.6 is 0 Å². The van der Waals surface area contributed by atoms with E-state index >= 15 is 0 Å². The fourth-order valence-electron chi connectivity index (χ4n) is 3.87. The first-order valence-corrected chi connectivity index (χ1v) is 12.1. The zero-order chi connectivity index (χ0) is 23.5. The Labute approximate surface area is 185 Å². The number of hydrogen-bond acceptors (Lipinski definition) is 5. The third-order valence-corrected chi connectivity index (χ3v) is 7.68. The number of amides is 1. The van der Waals surface area contributed by atoms with Crippen LogP contribution in [-0.4, -0.2) is 62.3 Å². The monoisotopic (exact) mass is 476 g/mol. The van der Waals surface area contributed by atoms with E-state index in [0.29, 0.717) is 12.5 Å². The van der Waals surface area contributed by atoms with E-state index in [1.807, 2.05) is 0 Å². The van der Waals surface area contributed by atoms with Crippen molar-refractivity contribution in [3.05, 3.63) is 29.8 Å². The van der Waals surface area contributed by atoms with Gasteiger partial charge in [-0.15, -0.1) is 0 Å². The number of halogens is 3. The standard InChI is InChI=1S/C21H27F3N2O5S/c1-2-31-19(27)14-25(13-15-7-8-15)20(28)16-9-11-26(12-10-16)32(29,30)18-6-4-3-5-17(18)21(22,23)24/h3-6,15-16H,2,7-14H2,1H3. The molecule has 0 unspecified atom stereocenters. The first kappa shape index (κ1) is 24.5. The van der Waals surface area contributed by atoms with Gasteiger partial charge in [0.25, 0.3) is 0 Å². The number of hydrogen-bond donors (Lipinski definition) is 0. The maximum absolute atomic E-state index is 13.3. The molecule has 32 heavy (non-hydrogen) atoms. The Morgan fingerprint density at radius 2 is 1.75 bits per heavy atom. The van der Waals surface area contributed by atoms with Gasteiger partial charge in [-0.05, 0) is 50.7 Å². The molecule has 0 atom stereocenters. The van der Waals surface area contributed by atoms with E-state index in [9.17, 15) is 31.2 Å². The predicted octanol–water partition coefficient (Wildman–Crippen LogP) is 2.91. The topological polar surface area (TPSA) is 84.0 Å². The first-order valence-electron chi connectivity index (χ1n) is 10.6. The SMILES string of the molecule is CCOC(=O)CN(CC1CC1)C(=O)C1CCN(S(=O)(=O)c2ccccc2C(F)(F)F)CC1. The first-order chi connectivity index (χ1) is 15.0. The van der Waals surface area contributed by atoms with E-state index in [1.54, 1.807) is 6.92 Å². The highest BCUT2D eigenvalue weighted by atomic mass is 32.2. The number of nitrogens with zero attached hydrogens (tertiary/aromatic N) is 2. The lowest BCUT2D eigenvalue weighted by atomic mass is 9.96. The molecule has 178 valence electrons. The van der Waals surface area contributed by atoms with E-state index in [-0.39, 0.29) is 45.0 Å². The Kier molecular flexibility index (Phi) is 7.49. The second kappa shape index (κ2) is 9.78. The van der Waals surface area contributed by atoms with Crippen LogP contribution in [0.5, 0.6) is 0 Å². The molecular formula is C21H27F3N2O5S. The van der Waals surface area contributed by atoms with E-state index in [2.05, 4.69) is 0 Å². The van der Waals surface area contributed by atoms with Gasteiger partial charge in [-0.1, -0.05) is 12.1 Å². The molecule has 1 aliphatic heterocycles. The van der Waals surface area contributed by atoms with Crippen molar-refractivity contribution in [2.45, 2.75) is 43.7 Å². The molecule has 1 aliphatic carbocycles. The Balaban J connectivity index is 1.68. The number of sulfonamides is 1. The van der Waals surface area contributed by atoms with Crippen LogP contribution in [0.4, 0.5) is 13.2 Å². The van der Waals surface area contributed by atoms with Crippen LogP contribution in [-0.2, 0) is 30.5 Å². The normalized spacial score (nSPS) is 18.4. The average Bonchev–Trinajstić information content (AvgIpc) is 3.56. The summed E-state index contributed by atoms with van der Waals surface area (Å²) in [5.41, 5.74) is -1.21. The van der Waals surface area contributed by atoms with Crippen molar-refractivity contribution in [3.8, 4) is 0 Å². The predicted molar refractivity (Wildman–Crippen MR) is 109 cm³/mol. The molecule has 0 spiro atoms. The number of benzene rings is 1. The van der Waals surface area contributed by atoms with Gasteiger partial charge in [0, 0.05) is 25.6 Å². The smallest absolute Gasteiger partial charge is 0.417 e. The average molecular weight is 477 g/mol. The molecule has 3 rings (SSSR count). The molecule has 0 N–H and O–H groups in total. The second-order valence-electron chi connectivity index (χ2n) is 8.14. The van der Waals surface area contributed by atoms with Gasteiger partial charge in [-0.2, -0.15) is 17.5 Å². The van der Waals surface area contributed by atoms with Gasteiger partial charge in [0.05, 0.1) is 17.1 Å². The molecule has 0 aromatic heterocycles. The summed E-state index contributed by atoms with van der Waals surface area (Å²) < 4.78 is 71.7. The lowest BCUT2D eigenvalue weighted by Gasteiger charge is -2.33. The highest BCUT2D eigenvalue weighted by Crippen LogP contribution is 2.36. The zero-order valence-electron chi connectivity index (χ0n) is 17.8. The van der Waals surface area contributed by atoms with Gasteiger partial charge in [0.1, 0.15) is 6.54 Å². The quantitative estimate of drug-likeness (QED) is 0.539. The van der Waals surface area contributed by atoms with E-state index in [1.165, 1.54) is 11.0 Å². The summed E-state index contributed by atoms with van der Waals surface area (Å²) >= 11 is 0. The van der Waals surface area contributed by atoms with Crippen LogP contribution in [0.1, 0.15) is 38.2 Å². The van der Waals surface area contributed by atoms with Crippen molar-refractivity contribution in [1.29, 1.82) is 0 Å². The summed E-state index contributed by atoms with van der Waals surface area (Å²) in [6, 6.07) is 4.09. The molecule has 1 aromatic rings. The third kappa shape index (κ3) is 5.80. The Hall–Kier alpha value is -2.14. The summed E-state index contributed by atoms with van der Waals surface area (Å²) in [6.07, 6.45) is -2.47. The minimum absolute atomic E-state index is 0.0679. The molecule has 2 aliphatic rings. The summed E-state index contributed by atoms with van der Waals surface area (Å²) in [6.45, 7) is 2.05. The minimum Gasteiger partial charge on any atom is -0.465 e. The number of carbonyl (C=O) groups is 2. The number of piperidine rings is 1. The summed E-state index contributed by atoms with van der Waals surface area (Å²) in [7, 11) is -4.37. The van der Waals surface area contributed by atoms with E-state index in [0.717, 1.165) is 35.3 Å². The molecule has 0 bridgehead atoms. The number of rotatable bonds is 8. The molecule has 1 amide bonds. The highest BCUT2D eigenvalue weighted by molar-refractivity contribution is 7.89. The Morgan fingerprint density at radius 3 is 2.31 bits per heavy atom. The van der Waals surface area contributed by atoms with Crippen molar-refractivity contribution in [2.24, 2.45) is 11.8 Å². The lowest BCUT2D eigenvalue weighted by molar-refractivity contribution is -0.150. The maximum atomic E-state index is 13.3. The fraction of sp³-hybridized carbons (Fsp3) is 0.619. The molecule has 1 saturated heterocycles. The van der Waals surface area contributed by atoms with Crippen LogP contribution in [0.25, 0.3) is 0 Å². The molecule has 1 aromatic carbocycles. The Morgan fingerprint density at radius 1 is 1.12 bits per heavy atom. The van der Waals surface area contributed by atoms with Crippen LogP contribution in [0.2, 0.25) is 0 Å². The van der Waals surface area contributed by atoms with Gasteiger partial charge >= 0.3 is 12.1 Å². The van der Waals surface area contributed by atoms with E-state index < -0.39 is 38.5 Å². The summed E-state index contributed by atoms with van der Waals surface area (Å²) in [5.74, 6) is -0.872. The zero-order valence-corrected chi connectivity index (χ0v) is 18.6. The molecule has 0 radical (unpaired) electrons. The van der Waals surface area contributed by atoms with Crippen molar-refractivity contribution in [2.75, 3.05) is 32.8 Å². The molecular weight excluding hydrogens is 449 g/mol. The fourth-order valence-corrected chi connectivity index (χ4v) is 5.56. The van der Waals surface area contributed by atoms with Crippen molar-refractivity contribution in [1.82, 2.24) is 9.21 Å². The van der Waals surface area contributed by atoms with E-state index in [4.69, 9.17) is 4.74 Å². The maximum Gasteiger partial charge on any atom is 0.417 e. The highest BCUT2D eigenvalue weighted by Gasteiger charge is 2.41. The summed E-state index contributed by atoms with van der Waals surface area (Å²) in [5, 5.41) is 0. The van der Waals surface area contributed by atoms with Crippen LogP contribution < -0.4 is 0 Å².